The maximum absolute atomic E-state index is 11.0. The first-order valence-corrected chi connectivity index (χ1v) is 3.65. The molecular formula is C7H14N2O. The lowest BCUT2D eigenvalue weighted by Crippen LogP contribution is -2.31. The molecular weight excluding hydrogens is 128 g/mol. The molecule has 1 heterocycles. The number of rotatable bonds is 0. The molecule has 1 rings (SSSR count). The summed E-state index contributed by atoms with van der Waals surface area (Å²) in [4.78, 5) is 12.8. The first-order chi connectivity index (χ1) is 4.70. The zero-order valence-corrected chi connectivity index (χ0v) is 6.55. The first kappa shape index (κ1) is 7.54. The Hall–Kier alpha value is -0.570. The monoisotopic (exact) mass is 142 g/mol. The fraction of sp³-hybridized carbons (Fsp3) is 0.857. The Labute approximate surface area is 61.4 Å². The van der Waals surface area contributed by atoms with Gasteiger partial charge in [-0.05, 0) is 12.5 Å². The minimum Gasteiger partial charge on any atom is -0.344 e. The zero-order valence-electron chi connectivity index (χ0n) is 6.55. The van der Waals surface area contributed by atoms with Gasteiger partial charge in [0.1, 0.15) is 0 Å². The Kier molecular flexibility index (Phi) is 2.27. The van der Waals surface area contributed by atoms with Gasteiger partial charge in [-0.15, -0.1) is 0 Å². The van der Waals surface area contributed by atoms with Crippen LogP contribution in [-0.2, 0) is 4.79 Å². The fourth-order valence-corrected chi connectivity index (χ4v) is 1.19. The summed E-state index contributed by atoms with van der Waals surface area (Å²) in [7, 11) is 1.85. The van der Waals surface area contributed by atoms with E-state index in [0.29, 0.717) is 12.5 Å². The van der Waals surface area contributed by atoms with Crippen molar-refractivity contribution < 1.29 is 4.79 Å². The van der Waals surface area contributed by atoms with Crippen LogP contribution in [0.15, 0.2) is 0 Å². The van der Waals surface area contributed by atoms with Gasteiger partial charge in [-0.2, -0.15) is 0 Å². The summed E-state index contributed by atoms with van der Waals surface area (Å²) in [6.45, 7) is 4.48. The summed E-state index contributed by atoms with van der Waals surface area (Å²) in [5.41, 5.74) is 0. The lowest BCUT2D eigenvalue weighted by atomic mass is 10.2. The van der Waals surface area contributed by atoms with Crippen molar-refractivity contribution in [2.24, 2.45) is 5.92 Å². The number of hydrogen-bond donors (Lipinski definition) is 1. The molecule has 3 nitrogen and oxygen atoms in total. The van der Waals surface area contributed by atoms with Gasteiger partial charge in [0.25, 0.3) is 0 Å². The Morgan fingerprint density at radius 2 is 2.40 bits per heavy atom. The van der Waals surface area contributed by atoms with Crippen molar-refractivity contribution in [3.8, 4) is 0 Å². The van der Waals surface area contributed by atoms with Crippen LogP contribution in [0.4, 0.5) is 0 Å². The van der Waals surface area contributed by atoms with Crippen molar-refractivity contribution in [2.75, 3.05) is 26.7 Å². The van der Waals surface area contributed by atoms with Crippen molar-refractivity contribution in [1.82, 2.24) is 10.2 Å². The molecule has 0 spiro atoms. The van der Waals surface area contributed by atoms with Crippen molar-refractivity contribution in [3.63, 3.8) is 0 Å². The van der Waals surface area contributed by atoms with E-state index < -0.39 is 0 Å². The van der Waals surface area contributed by atoms with Crippen LogP contribution in [0.25, 0.3) is 0 Å². The van der Waals surface area contributed by atoms with Gasteiger partial charge in [-0.1, -0.05) is 6.92 Å². The van der Waals surface area contributed by atoms with Gasteiger partial charge < -0.3 is 10.2 Å². The normalized spacial score (nSPS) is 28.4. The molecule has 1 N–H and O–H groups in total. The molecule has 0 radical (unpaired) electrons. The van der Waals surface area contributed by atoms with Crippen LogP contribution in [0.5, 0.6) is 0 Å². The number of carbonyl (C=O) groups excluding carboxylic acids is 1. The Morgan fingerprint density at radius 1 is 1.70 bits per heavy atom. The third-order valence-corrected chi connectivity index (χ3v) is 1.78. The van der Waals surface area contributed by atoms with E-state index in [1.165, 1.54) is 0 Å². The van der Waals surface area contributed by atoms with Crippen LogP contribution in [0.2, 0.25) is 0 Å². The van der Waals surface area contributed by atoms with E-state index in [-0.39, 0.29) is 5.91 Å². The van der Waals surface area contributed by atoms with E-state index in [4.69, 9.17) is 0 Å². The van der Waals surface area contributed by atoms with Gasteiger partial charge in [0, 0.05) is 13.6 Å². The van der Waals surface area contributed by atoms with Gasteiger partial charge in [0.15, 0.2) is 0 Å². The molecule has 1 aliphatic rings. The highest BCUT2D eigenvalue weighted by Crippen LogP contribution is 1.99. The lowest BCUT2D eigenvalue weighted by Gasteiger charge is -2.15. The number of carbonyl (C=O) groups is 1. The molecule has 0 unspecified atom stereocenters. The average Bonchev–Trinajstić information content (AvgIpc) is 1.96. The summed E-state index contributed by atoms with van der Waals surface area (Å²) in [5, 5.41) is 3.09. The molecule has 0 aliphatic carbocycles. The summed E-state index contributed by atoms with van der Waals surface area (Å²) in [5.74, 6) is 0.779. The van der Waals surface area contributed by atoms with Gasteiger partial charge in [0.05, 0.1) is 6.54 Å². The van der Waals surface area contributed by atoms with Gasteiger partial charge in [0.2, 0.25) is 5.91 Å². The number of likely N-dealkylation sites (N-methyl/N-ethyl adjacent to an activating group) is 1. The molecule has 0 aromatic heterocycles. The lowest BCUT2D eigenvalue weighted by molar-refractivity contribution is -0.128. The molecule has 1 aliphatic heterocycles. The minimum atomic E-state index is 0.198. The molecule has 10 heavy (non-hydrogen) atoms. The highest BCUT2D eigenvalue weighted by molar-refractivity contribution is 5.78. The van der Waals surface area contributed by atoms with Gasteiger partial charge >= 0.3 is 0 Å². The van der Waals surface area contributed by atoms with E-state index in [2.05, 4.69) is 12.2 Å². The van der Waals surface area contributed by atoms with E-state index in [1.54, 1.807) is 4.90 Å². The highest BCUT2D eigenvalue weighted by atomic mass is 16.2. The van der Waals surface area contributed by atoms with Crippen LogP contribution in [-0.4, -0.2) is 37.5 Å². The number of nitrogens with zero attached hydrogens (tertiary/aromatic N) is 1. The molecule has 3 heteroatoms. The SMILES string of the molecule is C[C@H]1CNCC(=O)N(C)C1. The van der Waals surface area contributed by atoms with Crippen molar-refractivity contribution in [3.05, 3.63) is 0 Å². The molecule has 0 aromatic carbocycles. The predicted octanol–water partition coefficient (Wildman–Crippen LogP) is -0.316. The molecule has 1 saturated heterocycles. The predicted molar refractivity (Wildman–Crippen MR) is 39.7 cm³/mol. The molecule has 0 saturated carbocycles. The van der Waals surface area contributed by atoms with Crippen molar-refractivity contribution in [1.29, 1.82) is 0 Å². The molecule has 58 valence electrons. The molecule has 1 amide bonds. The maximum atomic E-state index is 11.0. The molecule has 0 aromatic rings. The smallest absolute Gasteiger partial charge is 0.236 e. The maximum Gasteiger partial charge on any atom is 0.236 e. The second kappa shape index (κ2) is 3.01. The van der Waals surface area contributed by atoms with Crippen molar-refractivity contribution >= 4 is 5.91 Å². The second-order valence-electron chi connectivity index (χ2n) is 3.01. The van der Waals surface area contributed by atoms with E-state index in [1.807, 2.05) is 7.05 Å². The highest BCUT2D eigenvalue weighted by Gasteiger charge is 2.15. The van der Waals surface area contributed by atoms with Crippen LogP contribution in [0.1, 0.15) is 6.92 Å². The fourth-order valence-electron chi connectivity index (χ4n) is 1.19. The molecule has 1 fully saturated rings. The molecule has 1 atom stereocenters. The summed E-state index contributed by atoms with van der Waals surface area (Å²) in [6.07, 6.45) is 0. The molecule has 0 bridgehead atoms. The zero-order chi connectivity index (χ0) is 7.56. The minimum absolute atomic E-state index is 0.198. The number of hydrogen-bond acceptors (Lipinski definition) is 2. The van der Waals surface area contributed by atoms with E-state index in [0.717, 1.165) is 13.1 Å². The van der Waals surface area contributed by atoms with Crippen LogP contribution in [0, 0.1) is 5.92 Å². The Bertz CT molecular complexity index is 136. The Balaban J connectivity index is 2.49. The standard InChI is InChI=1S/C7H14N2O/c1-6-3-8-4-7(10)9(2)5-6/h6,8H,3-5H2,1-2H3/t6-/m0/s1. The average molecular weight is 142 g/mol. The van der Waals surface area contributed by atoms with Gasteiger partial charge in [-0.25, -0.2) is 0 Å². The second-order valence-corrected chi connectivity index (χ2v) is 3.01. The summed E-state index contributed by atoms with van der Waals surface area (Å²) < 4.78 is 0. The van der Waals surface area contributed by atoms with Crippen molar-refractivity contribution in [2.45, 2.75) is 6.92 Å². The quantitative estimate of drug-likeness (QED) is 0.503. The van der Waals surface area contributed by atoms with Crippen LogP contribution >= 0.6 is 0 Å². The van der Waals surface area contributed by atoms with E-state index >= 15 is 0 Å². The summed E-state index contributed by atoms with van der Waals surface area (Å²) in [6, 6.07) is 0. The first-order valence-electron chi connectivity index (χ1n) is 3.65. The third kappa shape index (κ3) is 1.70. The number of nitrogens with one attached hydrogen (secondary N) is 1. The number of amides is 1. The third-order valence-electron chi connectivity index (χ3n) is 1.78. The van der Waals surface area contributed by atoms with Crippen LogP contribution in [0.3, 0.4) is 0 Å². The summed E-state index contributed by atoms with van der Waals surface area (Å²) >= 11 is 0. The topological polar surface area (TPSA) is 32.3 Å². The largest absolute Gasteiger partial charge is 0.344 e. The Morgan fingerprint density at radius 3 is 3.10 bits per heavy atom. The van der Waals surface area contributed by atoms with E-state index in [9.17, 15) is 4.79 Å². The van der Waals surface area contributed by atoms with Gasteiger partial charge in [-0.3, -0.25) is 4.79 Å². The van der Waals surface area contributed by atoms with Crippen LogP contribution < -0.4 is 5.32 Å².